The molecule has 0 aromatic heterocycles. The number of amides is 1. The number of rotatable bonds is 4. The van der Waals surface area contributed by atoms with Crippen molar-refractivity contribution in [1.29, 1.82) is 0 Å². The lowest BCUT2D eigenvalue weighted by Crippen LogP contribution is -2.39. The number of nitrogens with two attached hydrogens (primary N) is 1. The molecule has 3 rings (SSSR count). The summed E-state index contributed by atoms with van der Waals surface area (Å²) in [5.41, 5.74) is 6.61. The molecule has 3 atom stereocenters. The fourth-order valence-electron chi connectivity index (χ4n) is 4.00. The summed E-state index contributed by atoms with van der Waals surface area (Å²) in [6, 6.07) is 4.95. The summed E-state index contributed by atoms with van der Waals surface area (Å²) in [6.07, 6.45) is 6.09. The van der Waals surface area contributed by atoms with Crippen LogP contribution in [0, 0.1) is 11.7 Å². The molecule has 1 aromatic rings. The largest absolute Gasteiger partial charge is 0.339 e. The number of carbonyl (C=O) groups excluding carboxylic acids is 1. The Labute approximate surface area is 142 Å². The van der Waals surface area contributed by atoms with Gasteiger partial charge in [0.25, 0.3) is 0 Å². The lowest BCUT2D eigenvalue weighted by atomic mass is 9.98. The van der Waals surface area contributed by atoms with Crippen LogP contribution in [-0.2, 0) is 11.2 Å². The normalized spacial score (nSPS) is 27.6. The molecular formula is C18H24ClFN2O. The molecule has 126 valence electrons. The molecule has 23 heavy (non-hydrogen) atoms. The maximum absolute atomic E-state index is 14.0. The molecule has 2 fully saturated rings. The van der Waals surface area contributed by atoms with Crippen molar-refractivity contribution in [2.24, 2.45) is 11.7 Å². The minimum absolute atomic E-state index is 0.0505. The van der Waals surface area contributed by atoms with E-state index in [1.54, 1.807) is 12.1 Å². The van der Waals surface area contributed by atoms with Crippen molar-refractivity contribution in [2.45, 2.75) is 57.0 Å². The van der Waals surface area contributed by atoms with Gasteiger partial charge in [-0.25, -0.2) is 4.39 Å². The molecular weight excluding hydrogens is 315 g/mol. The van der Waals surface area contributed by atoms with Gasteiger partial charge in [0.1, 0.15) is 5.82 Å². The highest BCUT2D eigenvalue weighted by Crippen LogP contribution is 2.31. The fraction of sp³-hybridized carbons (Fsp3) is 0.611. The van der Waals surface area contributed by atoms with Gasteiger partial charge in [0, 0.05) is 35.6 Å². The van der Waals surface area contributed by atoms with Gasteiger partial charge in [-0.05, 0) is 50.2 Å². The Balaban J connectivity index is 1.66. The Morgan fingerprint density at radius 1 is 1.30 bits per heavy atom. The molecule has 2 N–H and O–H groups in total. The van der Waals surface area contributed by atoms with Gasteiger partial charge in [-0.2, -0.15) is 0 Å². The standard InChI is InChI=1S/C18H24ClFN2O/c19-15-6-2-7-16(20)14(15)11-13-5-3-9-22(13)18(23)10-12-4-1-8-17(12)21/h2,6-7,12-13,17H,1,3-5,8-11,21H2/t12-,13?,17+/m0/s1. The summed E-state index contributed by atoms with van der Waals surface area (Å²) in [7, 11) is 0. The van der Waals surface area contributed by atoms with Crippen LogP contribution in [-0.4, -0.2) is 29.4 Å². The van der Waals surface area contributed by atoms with Crippen molar-refractivity contribution >= 4 is 17.5 Å². The molecule has 1 heterocycles. The van der Waals surface area contributed by atoms with Gasteiger partial charge in [0.05, 0.1) is 0 Å². The maximum atomic E-state index is 14.0. The first kappa shape index (κ1) is 16.7. The molecule has 1 unspecified atom stereocenters. The number of halogens is 2. The molecule has 0 radical (unpaired) electrons. The first-order valence-corrected chi connectivity index (χ1v) is 8.92. The van der Waals surface area contributed by atoms with E-state index in [2.05, 4.69) is 0 Å². The predicted octanol–water partition coefficient (Wildman–Crippen LogP) is 3.53. The molecule has 1 saturated carbocycles. The van der Waals surface area contributed by atoms with E-state index in [1.165, 1.54) is 6.07 Å². The van der Waals surface area contributed by atoms with Crippen LogP contribution in [0.15, 0.2) is 18.2 Å². The van der Waals surface area contributed by atoms with Gasteiger partial charge < -0.3 is 10.6 Å². The van der Waals surface area contributed by atoms with Crippen LogP contribution in [0.25, 0.3) is 0 Å². The number of likely N-dealkylation sites (tertiary alicyclic amines) is 1. The van der Waals surface area contributed by atoms with Crippen LogP contribution in [0.2, 0.25) is 5.02 Å². The van der Waals surface area contributed by atoms with Crippen molar-refractivity contribution in [3.8, 4) is 0 Å². The lowest BCUT2D eigenvalue weighted by molar-refractivity contribution is -0.133. The Morgan fingerprint density at radius 2 is 2.13 bits per heavy atom. The second-order valence-corrected chi connectivity index (χ2v) is 7.25. The molecule has 2 aliphatic rings. The zero-order valence-corrected chi connectivity index (χ0v) is 14.1. The van der Waals surface area contributed by atoms with Crippen LogP contribution in [0.1, 0.15) is 44.1 Å². The third-order valence-corrected chi connectivity index (χ3v) is 5.71. The van der Waals surface area contributed by atoms with E-state index in [-0.39, 0.29) is 23.8 Å². The van der Waals surface area contributed by atoms with E-state index in [4.69, 9.17) is 17.3 Å². The number of hydrogen-bond acceptors (Lipinski definition) is 2. The first-order chi connectivity index (χ1) is 11.1. The average molecular weight is 339 g/mol. The molecule has 5 heteroatoms. The van der Waals surface area contributed by atoms with E-state index in [1.807, 2.05) is 4.90 Å². The number of nitrogens with zero attached hydrogens (tertiary/aromatic N) is 1. The third-order valence-electron chi connectivity index (χ3n) is 5.35. The van der Waals surface area contributed by atoms with Crippen molar-refractivity contribution in [3.05, 3.63) is 34.6 Å². The molecule has 0 spiro atoms. The Hall–Kier alpha value is -1.13. The van der Waals surface area contributed by atoms with Gasteiger partial charge in [-0.15, -0.1) is 0 Å². The average Bonchev–Trinajstić information content (AvgIpc) is 3.13. The van der Waals surface area contributed by atoms with E-state index in [0.29, 0.717) is 29.3 Å². The predicted molar refractivity (Wildman–Crippen MR) is 89.8 cm³/mol. The van der Waals surface area contributed by atoms with Gasteiger partial charge in [-0.1, -0.05) is 24.1 Å². The minimum atomic E-state index is -0.283. The lowest BCUT2D eigenvalue weighted by Gasteiger charge is -2.27. The van der Waals surface area contributed by atoms with Gasteiger partial charge in [0.2, 0.25) is 5.91 Å². The topological polar surface area (TPSA) is 46.3 Å². The van der Waals surface area contributed by atoms with Crippen LogP contribution in [0.4, 0.5) is 4.39 Å². The van der Waals surface area contributed by atoms with Crippen molar-refractivity contribution in [1.82, 2.24) is 4.90 Å². The summed E-state index contributed by atoms with van der Waals surface area (Å²) in [5, 5.41) is 0.446. The summed E-state index contributed by atoms with van der Waals surface area (Å²) in [6.45, 7) is 0.761. The van der Waals surface area contributed by atoms with E-state index < -0.39 is 0 Å². The van der Waals surface area contributed by atoms with Gasteiger partial charge in [0.15, 0.2) is 0 Å². The molecule has 0 bridgehead atoms. The van der Waals surface area contributed by atoms with E-state index in [0.717, 1.165) is 38.6 Å². The zero-order valence-electron chi connectivity index (χ0n) is 13.3. The Kier molecular flexibility index (Phi) is 5.22. The highest BCUT2D eigenvalue weighted by atomic mass is 35.5. The summed E-state index contributed by atoms with van der Waals surface area (Å²) in [4.78, 5) is 14.6. The second-order valence-electron chi connectivity index (χ2n) is 6.85. The second kappa shape index (κ2) is 7.18. The molecule has 1 saturated heterocycles. The quantitative estimate of drug-likeness (QED) is 0.912. The Bertz CT molecular complexity index is 560. The van der Waals surface area contributed by atoms with Crippen LogP contribution < -0.4 is 5.73 Å². The summed E-state index contributed by atoms with van der Waals surface area (Å²) >= 11 is 6.13. The van der Waals surface area contributed by atoms with Crippen LogP contribution >= 0.6 is 11.6 Å². The summed E-state index contributed by atoms with van der Waals surface area (Å²) in [5.74, 6) is 0.192. The van der Waals surface area contributed by atoms with Gasteiger partial charge >= 0.3 is 0 Å². The monoisotopic (exact) mass is 338 g/mol. The summed E-state index contributed by atoms with van der Waals surface area (Å²) < 4.78 is 14.0. The zero-order chi connectivity index (χ0) is 16.4. The molecule has 1 aromatic carbocycles. The van der Waals surface area contributed by atoms with Crippen molar-refractivity contribution < 1.29 is 9.18 Å². The first-order valence-electron chi connectivity index (χ1n) is 8.54. The molecule has 3 nitrogen and oxygen atoms in total. The fourth-order valence-corrected chi connectivity index (χ4v) is 4.24. The smallest absolute Gasteiger partial charge is 0.223 e. The third kappa shape index (κ3) is 3.69. The maximum Gasteiger partial charge on any atom is 0.223 e. The van der Waals surface area contributed by atoms with Crippen molar-refractivity contribution in [3.63, 3.8) is 0 Å². The van der Waals surface area contributed by atoms with Gasteiger partial charge in [-0.3, -0.25) is 4.79 Å². The number of benzene rings is 1. The highest BCUT2D eigenvalue weighted by molar-refractivity contribution is 6.31. The van der Waals surface area contributed by atoms with E-state index in [9.17, 15) is 9.18 Å². The van der Waals surface area contributed by atoms with E-state index >= 15 is 0 Å². The number of hydrogen-bond donors (Lipinski definition) is 1. The number of carbonyl (C=O) groups is 1. The van der Waals surface area contributed by atoms with Crippen LogP contribution in [0.5, 0.6) is 0 Å². The minimum Gasteiger partial charge on any atom is -0.339 e. The van der Waals surface area contributed by atoms with Crippen molar-refractivity contribution in [2.75, 3.05) is 6.54 Å². The molecule has 1 aliphatic heterocycles. The molecule has 1 aliphatic carbocycles. The SMILES string of the molecule is N[C@@H]1CCC[C@H]1CC(=O)N1CCCC1Cc1c(F)cccc1Cl. The van der Waals surface area contributed by atoms with Crippen LogP contribution in [0.3, 0.4) is 0 Å². The highest BCUT2D eigenvalue weighted by Gasteiger charge is 2.33. The Morgan fingerprint density at radius 3 is 2.83 bits per heavy atom. The molecule has 1 amide bonds.